The molecule has 1 saturated heterocycles. The van der Waals surface area contributed by atoms with Crippen molar-refractivity contribution in [3.63, 3.8) is 0 Å². The molecule has 1 fully saturated rings. The first-order chi connectivity index (χ1) is 6.64. The Morgan fingerprint density at radius 3 is 2.21 bits per heavy atom. The lowest BCUT2D eigenvalue weighted by atomic mass is 9.81. The Bertz CT molecular complexity index is 160. The summed E-state index contributed by atoms with van der Waals surface area (Å²) in [6, 6.07) is 0. The first-order valence-electron chi connectivity index (χ1n) is 5.92. The SMILES string of the molecule is CCCN1CCC(OC)(C(C)C)CC1. The smallest absolute Gasteiger partial charge is 0.0725 e. The fourth-order valence-electron chi connectivity index (χ4n) is 2.49. The van der Waals surface area contributed by atoms with Crippen molar-refractivity contribution < 1.29 is 4.74 Å². The molecule has 0 radical (unpaired) electrons. The molecule has 1 aliphatic heterocycles. The van der Waals surface area contributed by atoms with Crippen LogP contribution in [0.3, 0.4) is 0 Å². The van der Waals surface area contributed by atoms with Crippen LogP contribution in [0.15, 0.2) is 0 Å². The number of rotatable bonds is 4. The molecule has 0 N–H and O–H groups in total. The quantitative estimate of drug-likeness (QED) is 0.690. The number of nitrogens with zero attached hydrogens (tertiary/aromatic N) is 1. The van der Waals surface area contributed by atoms with Gasteiger partial charge in [0.25, 0.3) is 0 Å². The lowest BCUT2D eigenvalue weighted by Gasteiger charge is -2.43. The van der Waals surface area contributed by atoms with E-state index in [-0.39, 0.29) is 5.60 Å². The van der Waals surface area contributed by atoms with E-state index in [2.05, 4.69) is 25.7 Å². The largest absolute Gasteiger partial charge is 0.378 e. The Morgan fingerprint density at radius 2 is 1.86 bits per heavy atom. The highest BCUT2D eigenvalue weighted by Crippen LogP contribution is 2.32. The van der Waals surface area contributed by atoms with E-state index in [1.165, 1.54) is 38.9 Å². The highest BCUT2D eigenvalue weighted by atomic mass is 16.5. The number of likely N-dealkylation sites (tertiary alicyclic amines) is 1. The zero-order valence-corrected chi connectivity index (χ0v) is 10.2. The van der Waals surface area contributed by atoms with Gasteiger partial charge in [-0.15, -0.1) is 0 Å². The number of piperidine rings is 1. The minimum absolute atomic E-state index is 0.157. The number of hydrogen-bond acceptors (Lipinski definition) is 2. The molecule has 0 atom stereocenters. The maximum absolute atomic E-state index is 5.74. The molecular weight excluding hydrogens is 174 g/mol. The van der Waals surface area contributed by atoms with Gasteiger partial charge >= 0.3 is 0 Å². The van der Waals surface area contributed by atoms with Crippen molar-refractivity contribution in [3.8, 4) is 0 Å². The van der Waals surface area contributed by atoms with Crippen LogP contribution in [0.5, 0.6) is 0 Å². The van der Waals surface area contributed by atoms with Crippen molar-refractivity contribution in [1.29, 1.82) is 0 Å². The predicted molar refractivity (Wildman–Crippen MR) is 60.5 cm³/mol. The Kier molecular flexibility index (Phi) is 4.39. The number of hydrogen-bond donors (Lipinski definition) is 0. The molecular formula is C12H25NO. The van der Waals surface area contributed by atoms with E-state index in [1.807, 2.05) is 7.11 Å². The van der Waals surface area contributed by atoms with Crippen LogP contribution in [0.4, 0.5) is 0 Å². The van der Waals surface area contributed by atoms with Crippen LogP contribution < -0.4 is 0 Å². The van der Waals surface area contributed by atoms with Crippen molar-refractivity contribution in [1.82, 2.24) is 4.90 Å². The molecule has 1 heterocycles. The fourth-order valence-corrected chi connectivity index (χ4v) is 2.49. The molecule has 2 nitrogen and oxygen atoms in total. The maximum atomic E-state index is 5.74. The molecule has 84 valence electrons. The minimum Gasteiger partial charge on any atom is -0.378 e. The zero-order valence-electron chi connectivity index (χ0n) is 10.2. The molecule has 0 unspecified atom stereocenters. The minimum atomic E-state index is 0.157. The first kappa shape index (κ1) is 12.0. The predicted octanol–water partition coefficient (Wildman–Crippen LogP) is 2.53. The molecule has 2 heteroatoms. The highest BCUT2D eigenvalue weighted by molar-refractivity contribution is 4.89. The summed E-state index contributed by atoms with van der Waals surface area (Å²) < 4.78 is 5.74. The molecule has 0 aliphatic carbocycles. The van der Waals surface area contributed by atoms with Gasteiger partial charge in [0.15, 0.2) is 0 Å². The number of ether oxygens (including phenoxy) is 1. The van der Waals surface area contributed by atoms with Gasteiger partial charge in [-0.2, -0.15) is 0 Å². The van der Waals surface area contributed by atoms with Crippen LogP contribution in [0.1, 0.15) is 40.0 Å². The summed E-state index contributed by atoms with van der Waals surface area (Å²) in [6.45, 7) is 10.5. The average molecular weight is 199 g/mol. The molecule has 0 aromatic rings. The summed E-state index contributed by atoms with van der Waals surface area (Å²) in [4.78, 5) is 2.56. The summed E-state index contributed by atoms with van der Waals surface area (Å²) in [5.41, 5.74) is 0.157. The van der Waals surface area contributed by atoms with Gasteiger partial charge in [-0.25, -0.2) is 0 Å². The lowest BCUT2D eigenvalue weighted by Crippen LogP contribution is -2.48. The van der Waals surface area contributed by atoms with Crippen LogP contribution >= 0.6 is 0 Å². The third-order valence-corrected chi connectivity index (χ3v) is 3.70. The molecule has 0 bridgehead atoms. The Balaban J connectivity index is 2.46. The Morgan fingerprint density at radius 1 is 1.29 bits per heavy atom. The van der Waals surface area contributed by atoms with E-state index in [0.717, 1.165) is 0 Å². The highest BCUT2D eigenvalue weighted by Gasteiger charge is 2.36. The van der Waals surface area contributed by atoms with Crippen LogP contribution in [0, 0.1) is 5.92 Å². The van der Waals surface area contributed by atoms with Gasteiger partial charge < -0.3 is 9.64 Å². The van der Waals surface area contributed by atoms with E-state index in [1.54, 1.807) is 0 Å². The summed E-state index contributed by atoms with van der Waals surface area (Å²) in [6.07, 6.45) is 3.66. The molecule has 1 rings (SSSR count). The van der Waals surface area contributed by atoms with Gasteiger partial charge in [-0.3, -0.25) is 0 Å². The van der Waals surface area contributed by atoms with Crippen LogP contribution in [-0.2, 0) is 4.74 Å². The topological polar surface area (TPSA) is 12.5 Å². The van der Waals surface area contributed by atoms with Crippen molar-refractivity contribution in [3.05, 3.63) is 0 Å². The van der Waals surface area contributed by atoms with Gasteiger partial charge in [-0.1, -0.05) is 20.8 Å². The van der Waals surface area contributed by atoms with Crippen molar-refractivity contribution >= 4 is 0 Å². The maximum Gasteiger partial charge on any atom is 0.0725 e. The molecule has 0 aromatic carbocycles. The van der Waals surface area contributed by atoms with Gasteiger partial charge in [0.05, 0.1) is 5.60 Å². The molecule has 0 aromatic heterocycles. The van der Waals surface area contributed by atoms with Crippen LogP contribution in [0.25, 0.3) is 0 Å². The van der Waals surface area contributed by atoms with Crippen molar-refractivity contribution in [2.24, 2.45) is 5.92 Å². The average Bonchev–Trinajstić information content (AvgIpc) is 2.19. The molecule has 14 heavy (non-hydrogen) atoms. The van der Waals surface area contributed by atoms with Gasteiger partial charge in [-0.05, 0) is 31.7 Å². The lowest BCUT2D eigenvalue weighted by molar-refractivity contribution is -0.0884. The third-order valence-electron chi connectivity index (χ3n) is 3.70. The van der Waals surface area contributed by atoms with Gasteiger partial charge in [0, 0.05) is 20.2 Å². The van der Waals surface area contributed by atoms with E-state index in [4.69, 9.17) is 4.74 Å². The second kappa shape index (κ2) is 5.13. The van der Waals surface area contributed by atoms with E-state index in [0.29, 0.717) is 5.92 Å². The fraction of sp³-hybridized carbons (Fsp3) is 1.00. The Hall–Kier alpha value is -0.0800. The van der Waals surface area contributed by atoms with Crippen LogP contribution in [0.2, 0.25) is 0 Å². The zero-order chi connectivity index (χ0) is 10.6. The second-order valence-corrected chi connectivity index (χ2v) is 4.77. The summed E-state index contributed by atoms with van der Waals surface area (Å²) in [5, 5.41) is 0. The van der Waals surface area contributed by atoms with Crippen molar-refractivity contribution in [2.45, 2.75) is 45.6 Å². The molecule has 1 aliphatic rings. The summed E-state index contributed by atoms with van der Waals surface area (Å²) >= 11 is 0. The normalized spacial score (nSPS) is 22.9. The third kappa shape index (κ3) is 2.48. The van der Waals surface area contributed by atoms with Gasteiger partial charge in [0.2, 0.25) is 0 Å². The second-order valence-electron chi connectivity index (χ2n) is 4.77. The van der Waals surface area contributed by atoms with E-state index >= 15 is 0 Å². The first-order valence-corrected chi connectivity index (χ1v) is 5.92. The van der Waals surface area contributed by atoms with Gasteiger partial charge in [0.1, 0.15) is 0 Å². The summed E-state index contributed by atoms with van der Waals surface area (Å²) in [5.74, 6) is 0.635. The number of methoxy groups -OCH3 is 1. The van der Waals surface area contributed by atoms with E-state index in [9.17, 15) is 0 Å². The monoisotopic (exact) mass is 199 g/mol. The van der Waals surface area contributed by atoms with Crippen LogP contribution in [-0.4, -0.2) is 37.2 Å². The van der Waals surface area contributed by atoms with Crippen molar-refractivity contribution in [2.75, 3.05) is 26.7 Å². The molecule has 0 amide bonds. The molecule has 0 saturated carbocycles. The molecule has 0 spiro atoms. The Labute approximate surface area is 88.6 Å². The van der Waals surface area contributed by atoms with E-state index < -0.39 is 0 Å². The summed E-state index contributed by atoms with van der Waals surface area (Å²) in [7, 11) is 1.87. The standard InChI is InChI=1S/C12H25NO/c1-5-8-13-9-6-12(14-4,7-10-13)11(2)3/h11H,5-10H2,1-4H3.